The Balaban J connectivity index is 2.31. The van der Waals surface area contributed by atoms with Crippen LogP contribution in [0.2, 0.25) is 0 Å². The number of hydrogen-bond acceptors (Lipinski definition) is 7. The molecule has 2 aromatic heterocycles. The van der Waals surface area contributed by atoms with Gasteiger partial charge in [0, 0.05) is 6.07 Å². The molecular weight excluding hydrogens is 296 g/mol. The van der Waals surface area contributed by atoms with Crippen molar-refractivity contribution in [2.24, 2.45) is 0 Å². The molecule has 2 N–H and O–H groups in total. The molecule has 0 aliphatic carbocycles. The highest BCUT2D eigenvalue weighted by molar-refractivity contribution is 7.99. The molecule has 0 aromatic carbocycles. The van der Waals surface area contributed by atoms with E-state index in [1.165, 1.54) is 0 Å². The number of pyridine rings is 1. The van der Waals surface area contributed by atoms with E-state index in [9.17, 15) is 9.90 Å². The fourth-order valence-corrected chi connectivity index (χ4v) is 2.31. The van der Waals surface area contributed by atoms with Crippen LogP contribution < -0.4 is 4.74 Å². The van der Waals surface area contributed by atoms with Gasteiger partial charge in [-0.2, -0.15) is 0 Å². The fraction of sp³-hybridized carbons (Fsp3) is 0.333. The number of carboxylic acid groups (broad SMARTS) is 1. The SMILES string of the molecule is CCOc1ccc(-n2c(CO)nnc2SCC(=O)O)cn1. The van der Waals surface area contributed by atoms with E-state index < -0.39 is 5.97 Å². The van der Waals surface area contributed by atoms with E-state index in [1.807, 2.05) is 6.92 Å². The lowest BCUT2D eigenvalue weighted by Gasteiger charge is -2.09. The molecule has 0 radical (unpaired) electrons. The highest BCUT2D eigenvalue weighted by Crippen LogP contribution is 2.22. The average Bonchev–Trinajstić information content (AvgIpc) is 2.89. The van der Waals surface area contributed by atoms with Crippen molar-refractivity contribution in [3.8, 4) is 11.6 Å². The average molecular weight is 310 g/mol. The maximum absolute atomic E-state index is 10.7. The number of aliphatic carboxylic acids is 1. The number of aromatic nitrogens is 4. The summed E-state index contributed by atoms with van der Waals surface area (Å²) in [5.74, 6) is -0.299. The van der Waals surface area contributed by atoms with E-state index in [0.29, 0.717) is 29.2 Å². The highest BCUT2D eigenvalue weighted by atomic mass is 32.2. The molecule has 2 rings (SSSR count). The van der Waals surface area contributed by atoms with Crippen molar-refractivity contribution in [3.63, 3.8) is 0 Å². The van der Waals surface area contributed by atoms with Crippen molar-refractivity contribution in [2.45, 2.75) is 18.7 Å². The zero-order valence-corrected chi connectivity index (χ0v) is 12.1. The van der Waals surface area contributed by atoms with Crippen molar-refractivity contribution >= 4 is 17.7 Å². The molecule has 2 heterocycles. The predicted octanol–water partition coefficient (Wildman–Crippen LogP) is 0.730. The quantitative estimate of drug-likeness (QED) is 0.720. The van der Waals surface area contributed by atoms with E-state index in [0.717, 1.165) is 11.8 Å². The molecule has 0 aliphatic heterocycles. The molecule has 0 unspecified atom stereocenters. The summed E-state index contributed by atoms with van der Waals surface area (Å²) in [4.78, 5) is 14.8. The summed E-state index contributed by atoms with van der Waals surface area (Å²) in [5, 5.41) is 26.2. The Bertz CT molecular complexity index is 614. The second-order valence-corrected chi connectivity index (χ2v) is 4.80. The number of thioether (sulfide) groups is 1. The molecule has 8 nitrogen and oxygen atoms in total. The summed E-state index contributed by atoms with van der Waals surface area (Å²) in [5.41, 5.74) is 0.625. The van der Waals surface area contributed by atoms with Crippen LogP contribution in [0.4, 0.5) is 0 Å². The van der Waals surface area contributed by atoms with E-state index in [4.69, 9.17) is 9.84 Å². The van der Waals surface area contributed by atoms with Gasteiger partial charge in [-0.25, -0.2) is 4.98 Å². The van der Waals surface area contributed by atoms with Gasteiger partial charge in [-0.15, -0.1) is 10.2 Å². The van der Waals surface area contributed by atoms with Gasteiger partial charge in [0.15, 0.2) is 11.0 Å². The number of rotatable bonds is 7. The Kier molecular flexibility index (Phi) is 5.12. The summed E-state index contributed by atoms with van der Waals surface area (Å²) in [6.45, 7) is 2.06. The molecule has 0 atom stereocenters. The van der Waals surface area contributed by atoms with Crippen LogP contribution in [0, 0.1) is 0 Å². The smallest absolute Gasteiger partial charge is 0.313 e. The van der Waals surface area contributed by atoms with Crippen molar-refractivity contribution in [1.29, 1.82) is 0 Å². The van der Waals surface area contributed by atoms with Crippen LogP contribution in [0.3, 0.4) is 0 Å². The van der Waals surface area contributed by atoms with Crippen LogP contribution in [-0.2, 0) is 11.4 Å². The van der Waals surface area contributed by atoms with Gasteiger partial charge < -0.3 is 14.9 Å². The summed E-state index contributed by atoms with van der Waals surface area (Å²) < 4.78 is 6.83. The van der Waals surface area contributed by atoms with Crippen LogP contribution in [-0.4, -0.2) is 48.3 Å². The van der Waals surface area contributed by atoms with Gasteiger partial charge >= 0.3 is 5.97 Å². The third-order valence-corrected chi connectivity index (χ3v) is 3.35. The Morgan fingerprint density at radius 3 is 2.81 bits per heavy atom. The maximum atomic E-state index is 10.7. The minimum Gasteiger partial charge on any atom is -0.481 e. The van der Waals surface area contributed by atoms with Crippen molar-refractivity contribution in [3.05, 3.63) is 24.2 Å². The maximum Gasteiger partial charge on any atom is 0.313 e. The zero-order valence-electron chi connectivity index (χ0n) is 11.3. The van der Waals surface area contributed by atoms with Gasteiger partial charge in [0.25, 0.3) is 0 Å². The minimum atomic E-state index is -0.954. The van der Waals surface area contributed by atoms with Gasteiger partial charge in [-0.1, -0.05) is 11.8 Å². The number of ether oxygens (including phenoxy) is 1. The van der Waals surface area contributed by atoms with Gasteiger partial charge in [-0.3, -0.25) is 9.36 Å². The van der Waals surface area contributed by atoms with Crippen LogP contribution in [0.15, 0.2) is 23.5 Å². The Hall–Kier alpha value is -2.13. The first-order chi connectivity index (χ1) is 10.2. The zero-order chi connectivity index (χ0) is 15.2. The molecule has 0 saturated heterocycles. The number of aliphatic hydroxyl groups excluding tert-OH is 1. The largest absolute Gasteiger partial charge is 0.481 e. The predicted molar refractivity (Wildman–Crippen MR) is 74.6 cm³/mol. The van der Waals surface area contributed by atoms with Gasteiger partial charge in [0.05, 0.1) is 24.2 Å². The highest BCUT2D eigenvalue weighted by Gasteiger charge is 2.15. The normalized spacial score (nSPS) is 10.6. The standard InChI is InChI=1S/C12H14N4O4S/c1-2-20-10-4-3-8(5-13-10)16-9(6-17)14-15-12(16)21-7-11(18)19/h3-5,17H,2,6-7H2,1H3,(H,18,19). The molecule has 0 bridgehead atoms. The Morgan fingerprint density at radius 1 is 1.43 bits per heavy atom. The van der Waals surface area contributed by atoms with Crippen molar-refractivity contribution < 1.29 is 19.7 Å². The second kappa shape index (κ2) is 7.04. The minimum absolute atomic E-state index is 0.145. The lowest BCUT2D eigenvalue weighted by atomic mass is 10.4. The number of carboxylic acids is 1. The fourth-order valence-electron chi connectivity index (χ4n) is 1.62. The summed E-state index contributed by atoms with van der Waals surface area (Å²) in [6, 6.07) is 3.43. The summed E-state index contributed by atoms with van der Waals surface area (Å²) in [6.07, 6.45) is 1.55. The van der Waals surface area contributed by atoms with Crippen molar-refractivity contribution in [2.75, 3.05) is 12.4 Å². The first kappa shape index (κ1) is 15.3. The molecule has 0 aliphatic rings. The van der Waals surface area contributed by atoms with Crippen LogP contribution in [0.1, 0.15) is 12.7 Å². The lowest BCUT2D eigenvalue weighted by molar-refractivity contribution is -0.133. The van der Waals surface area contributed by atoms with Gasteiger partial charge in [0.1, 0.15) is 6.61 Å². The number of carbonyl (C=O) groups is 1. The molecule has 0 saturated carbocycles. The number of aliphatic hydroxyl groups is 1. The number of hydrogen-bond donors (Lipinski definition) is 2. The third kappa shape index (κ3) is 3.70. The van der Waals surface area contributed by atoms with Crippen LogP contribution >= 0.6 is 11.8 Å². The molecule has 0 spiro atoms. The topological polar surface area (TPSA) is 110 Å². The Morgan fingerprint density at radius 2 is 2.24 bits per heavy atom. The van der Waals surface area contributed by atoms with Crippen molar-refractivity contribution in [1.82, 2.24) is 19.7 Å². The molecule has 112 valence electrons. The lowest BCUT2D eigenvalue weighted by Crippen LogP contribution is -2.05. The van der Waals surface area contributed by atoms with Crippen LogP contribution in [0.25, 0.3) is 5.69 Å². The second-order valence-electron chi connectivity index (χ2n) is 3.86. The van der Waals surface area contributed by atoms with Crippen LogP contribution in [0.5, 0.6) is 5.88 Å². The first-order valence-corrected chi connectivity index (χ1v) is 7.13. The monoisotopic (exact) mass is 310 g/mol. The molecule has 0 fully saturated rings. The summed E-state index contributed by atoms with van der Waals surface area (Å²) >= 11 is 1.02. The van der Waals surface area contributed by atoms with E-state index in [2.05, 4.69) is 15.2 Å². The number of nitrogens with zero attached hydrogens (tertiary/aromatic N) is 4. The van der Waals surface area contributed by atoms with Gasteiger partial charge in [0.2, 0.25) is 5.88 Å². The van der Waals surface area contributed by atoms with Gasteiger partial charge in [-0.05, 0) is 13.0 Å². The molecule has 21 heavy (non-hydrogen) atoms. The molecule has 0 amide bonds. The van der Waals surface area contributed by atoms with E-state index in [1.54, 1.807) is 22.9 Å². The molecule has 2 aromatic rings. The summed E-state index contributed by atoms with van der Waals surface area (Å²) in [7, 11) is 0. The van der Waals surface area contributed by atoms with E-state index >= 15 is 0 Å². The molecular formula is C12H14N4O4S. The Labute approximate surface area is 124 Å². The first-order valence-electron chi connectivity index (χ1n) is 6.14. The van der Waals surface area contributed by atoms with E-state index in [-0.39, 0.29) is 12.4 Å². The molecule has 9 heteroatoms. The third-order valence-electron chi connectivity index (χ3n) is 2.44.